The molecule has 1 fully saturated rings. The van der Waals surface area contributed by atoms with Crippen molar-refractivity contribution in [2.75, 3.05) is 46.4 Å². The molecule has 0 spiro atoms. The van der Waals surface area contributed by atoms with Gasteiger partial charge in [-0.2, -0.15) is 0 Å². The highest BCUT2D eigenvalue weighted by Gasteiger charge is 2.34. The van der Waals surface area contributed by atoms with Gasteiger partial charge < -0.3 is 29.3 Å². The van der Waals surface area contributed by atoms with Crippen LogP contribution in [0.2, 0.25) is 0 Å². The second-order valence-electron chi connectivity index (χ2n) is 7.74. The molecule has 2 amide bonds. The molecular formula is C23H28N3O5+. The van der Waals surface area contributed by atoms with Crippen LogP contribution in [-0.2, 0) is 16.1 Å². The van der Waals surface area contributed by atoms with E-state index < -0.39 is 6.10 Å². The molecule has 0 aliphatic carbocycles. The summed E-state index contributed by atoms with van der Waals surface area (Å²) >= 11 is 0. The average Bonchev–Trinajstić information content (AvgIpc) is 2.83. The number of methoxy groups -OCH3 is 1. The van der Waals surface area contributed by atoms with Gasteiger partial charge in [-0.15, -0.1) is 0 Å². The van der Waals surface area contributed by atoms with Gasteiger partial charge in [-0.25, -0.2) is 0 Å². The number of nitrogens with zero attached hydrogens (tertiary/aromatic N) is 1. The van der Waals surface area contributed by atoms with Gasteiger partial charge >= 0.3 is 0 Å². The van der Waals surface area contributed by atoms with Gasteiger partial charge in [0, 0.05) is 6.54 Å². The van der Waals surface area contributed by atoms with Gasteiger partial charge in [0.05, 0.1) is 33.3 Å². The van der Waals surface area contributed by atoms with E-state index in [0.717, 1.165) is 24.4 Å². The van der Waals surface area contributed by atoms with Crippen molar-refractivity contribution in [3.8, 4) is 17.2 Å². The maximum absolute atomic E-state index is 12.8. The predicted octanol–water partition coefficient (Wildman–Crippen LogP) is -0.121. The summed E-state index contributed by atoms with van der Waals surface area (Å²) in [6.07, 6.45) is -0.621. The van der Waals surface area contributed by atoms with E-state index in [1.807, 2.05) is 42.5 Å². The van der Waals surface area contributed by atoms with Crippen LogP contribution in [0.5, 0.6) is 17.2 Å². The number of hydrogen-bond donors (Lipinski definition) is 2. The summed E-state index contributed by atoms with van der Waals surface area (Å²) in [7, 11) is 1.63. The van der Waals surface area contributed by atoms with Crippen LogP contribution in [0, 0.1) is 0 Å². The summed E-state index contributed by atoms with van der Waals surface area (Å²) in [5.41, 5.74) is 1.02. The lowest BCUT2D eigenvalue weighted by Crippen LogP contribution is -3.15. The van der Waals surface area contributed by atoms with Gasteiger partial charge in [0.25, 0.3) is 11.8 Å². The first-order valence-corrected chi connectivity index (χ1v) is 10.5. The van der Waals surface area contributed by atoms with Crippen molar-refractivity contribution in [1.29, 1.82) is 0 Å². The Balaban J connectivity index is 1.19. The maximum atomic E-state index is 12.8. The molecule has 8 heteroatoms. The Morgan fingerprint density at radius 2 is 1.81 bits per heavy atom. The van der Waals surface area contributed by atoms with Gasteiger partial charge in [0.2, 0.25) is 6.10 Å². The first-order valence-electron chi connectivity index (χ1n) is 10.5. The first kappa shape index (κ1) is 21.0. The number of carbonyl (C=O) groups excluding carboxylic acids is 2. The Hall–Kier alpha value is -3.26. The second-order valence-corrected chi connectivity index (χ2v) is 7.74. The average molecular weight is 426 g/mol. The van der Waals surface area contributed by atoms with Crippen LogP contribution in [0.1, 0.15) is 5.56 Å². The van der Waals surface area contributed by atoms with Crippen LogP contribution >= 0.6 is 0 Å². The summed E-state index contributed by atoms with van der Waals surface area (Å²) in [5, 5.41) is 2.96. The van der Waals surface area contributed by atoms with Crippen molar-refractivity contribution in [3.63, 3.8) is 0 Å². The summed E-state index contributed by atoms with van der Waals surface area (Å²) < 4.78 is 16.6. The zero-order chi connectivity index (χ0) is 21.6. The van der Waals surface area contributed by atoms with E-state index in [9.17, 15) is 9.59 Å². The summed E-state index contributed by atoms with van der Waals surface area (Å²) in [6.45, 7) is 3.76. The van der Waals surface area contributed by atoms with Crippen LogP contribution < -0.4 is 24.4 Å². The molecule has 31 heavy (non-hydrogen) atoms. The highest BCUT2D eigenvalue weighted by atomic mass is 16.6. The molecular weight excluding hydrogens is 398 g/mol. The second kappa shape index (κ2) is 9.70. The molecule has 4 rings (SSSR count). The van der Waals surface area contributed by atoms with E-state index >= 15 is 0 Å². The molecule has 2 aliphatic rings. The fourth-order valence-electron chi connectivity index (χ4n) is 3.80. The molecule has 1 atom stereocenters. The molecule has 2 aromatic rings. The molecule has 164 valence electrons. The number of quaternary nitrogens is 1. The number of carbonyl (C=O) groups is 2. The molecule has 2 heterocycles. The van der Waals surface area contributed by atoms with Crippen molar-refractivity contribution in [2.45, 2.75) is 12.6 Å². The van der Waals surface area contributed by atoms with Crippen molar-refractivity contribution < 1.29 is 28.7 Å². The smallest absolute Gasteiger partial charge is 0.275 e. The fourth-order valence-corrected chi connectivity index (χ4v) is 3.80. The van der Waals surface area contributed by atoms with Crippen LogP contribution in [-0.4, -0.2) is 69.3 Å². The quantitative estimate of drug-likeness (QED) is 0.673. The van der Waals surface area contributed by atoms with Gasteiger partial charge in [-0.05, 0) is 29.8 Å². The van der Waals surface area contributed by atoms with E-state index in [1.54, 1.807) is 18.1 Å². The van der Waals surface area contributed by atoms with E-state index in [0.29, 0.717) is 37.7 Å². The predicted molar refractivity (Wildman–Crippen MR) is 113 cm³/mol. The van der Waals surface area contributed by atoms with Crippen LogP contribution in [0.15, 0.2) is 48.5 Å². The van der Waals surface area contributed by atoms with Gasteiger partial charge in [0.15, 0.2) is 18.0 Å². The third-order valence-electron chi connectivity index (χ3n) is 5.63. The zero-order valence-electron chi connectivity index (χ0n) is 17.6. The molecule has 0 saturated carbocycles. The first-order chi connectivity index (χ1) is 15.1. The molecule has 1 saturated heterocycles. The molecule has 0 radical (unpaired) electrons. The maximum Gasteiger partial charge on any atom is 0.275 e. The minimum atomic E-state index is -0.621. The molecule has 2 N–H and O–H groups in total. The van der Waals surface area contributed by atoms with E-state index in [-0.39, 0.29) is 18.4 Å². The number of ether oxygens (including phenoxy) is 3. The lowest BCUT2D eigenvalue weighted by atomic mass is 10.2. The third kappa shape index (κ3) is 5.27. The summed E-state index contributed by atoms with van der Waals surface area (Å²) in [6, 6.07) is 15.0. The number of piperazine rings is 1. The Labute approximate surface area is 181 Å². The molecule has 0 bridgehead atoms. The van der Waals surface area contributed by atoms with Crippen molar-refractivity contribution >= 4 is 11.8 Å². The Kier molecular flexibility index (Phi) is 6.57. The highest BCUT2D eigenvalue weighted by Crippen LogP contribution is 2.31. The van der Waals surface area contributed by atoms with Crippen LogP contribution in [0.4, 0.5) is 0 Å². The standard InChI is InChI=1S/C23H27N3O5/c1-29-18-8-6-17(7-9-18)14-24-22(27)15-25-10-12-26(13-11-25)23(28)21-16-30-19-4-2-3-5-20(19)31-21/h2-9,21H,10-16H2,1H3,(H,24,27)/p+1/t21-/m1/s1. The number of hydrogen-bond acceptors (Lipinski definition) is 5. The van der Waals surface area contributed by atoms with Gasteiger partial charge in [-0.1, -0.05) is 24.3 Å². The number of fused-ring (bicyclic) bond motifs is 1. The summed E-state index contributed by atoms with van der Waals surface area (Å²) in [5.74, 6) is 2.01. The monoisotopic (exact) mass is 426 g/mol. The van der Waals surface area contributed by atoms with Crippen LogP contribution in [0.25, 0.3) is 0 Å². The number of benzene rings is 2. The van der Waals surface area contributed by atoms with Crippen molar-refractivity contribution in [2.24, 2.45) is 0 Å². The van der Waals surface area contributed by atoms with Gasteiger partial charge in [0.1, 0.15) is 12.4 Å². The fraction of sp³-hybridized carbons (Fsp3) is 0.391. The van der Waals surface area contributed by atoms with Gasteiger partial charge in [-0.3, -0.25) is 9.59 Å². The van der Waals surface area contributed by atoms with E-state index in [4.69, 9.17) is 14.2 Å². The molecule has 0 aromatic heterocycles. The normalized spacial score (nSPS) is 18.4. The molecule has 0 unspecified atom stereocenters. The van der Waals surface area contributed by atoms with E-state index in [2.05, 4.69) is 5.32 Å². The number of rotatable bonds is 6. The molecule has 2 aromatic carbocycles. The SMILES string of the molecule is COc1ccc(CNC(=O)C[NH+]2CCN(C(=O)[C@H]3COc4ccccc4O3)CC2)cc1. The highest BCUT2D eigenvalue weighted by molar-refractivity contribution is 5.82. The largest absolute Gasteiger partial charge is 0.497 e. The van der Waals surface area contributed by atoms with Crippen LogP contribution in [0.3, 0.4) is 0 Å². The Morgan fingerprint density at radius 1 is 1.10 bits per heavy atom. The molecule has 8 nitrogen and oxygen atoms in total. The van der Waals surface area contributed by atoms with Crippen molar-refractivity contribution in [1.82, 2.24) is 10.2 Å². The van der Waals surface area contributed by atoms with E-state index in [1.165, 1.54) is 4.90 Å². The van der Waals surface area contributed by atoms with Crippen molar-refractivity contribution in [3.05, 3.63) is 54.1 Å². The number of amides is 2. The number of nitrogens with one attached hydrogen (secondary N) is 2. The number of para-hydroxylation sites is 2. The lowest BCUT2D eigenvalue weighted by Gasteiger charge is -2.35. The third-order valence-corrected chi connectivity index (χ3v) is 5.63. The minimum absolute atomic E-state index is 0.00576. The lowest BCUT2D eigenvalue weighted by molar-refractivity contribution is -0.896. The topological polar surface area (TPSA) is 81.5 Å². The minimum Gasteiger partial charge on any atom is -0.497 e. The Bertz CT molecular complexity index is 910. The summed E-state index contributed by atoms with van der Waals surface area (Å²) in [4.78, 5) is 28.1. The Morgan fingerprint density at radius 3 is 2.52 bits per heavy atom. The zero-order valence-corrected chi connectivity index (χ0v) is 17.6. The molecule has 2 aliphatic heterocycles.